The molecule has 26 heteroatoms. The summed E-state index contributed by atoms with van der Waals surface area (Å²) < 4.78 is 111. The Bertz CT molecular complexity index is 6230. The Morgan fingerprint density at radius 2 is 0.823 bits per heavy atom. The molecule has 0 radical (unpaired) electrons. The van der Waals surface area contributed by atoms with Gasteiger partial charge in [0.1, 0.15) is 22.8 Å². The summed E-state index contributed by atoms with van der Waals surface area (Å²) in [7, 11) is -1.40. The Hall–Kier alpha value is -7.54. The van der Waals surface area contributed by atoms with Crippen LogP contribution in [0.1, 0.15) is 275 Å². The third-order valence-electron chi connectivity index (χ3n) is 38.0. The lowest BCUT2D eigenvalue weighted by atomic mass is 9.50. The zero-order chi connectivity index (χ0) is 103. The number of aliphatic hydroxyl groups is 3. The number of rotatable bonds is 11. The summed E-state index contributed by atoms with van der Waals surface area (Å²) in [6.07, 6.45) is 35.7. The predicted octanol–water partition coefficient (Wildman–Crippen LogP) is 27.7. The standard InChI is InChI=1S/C32H33F2NO2.C27H29BrF2O2.C26H31BrO4.C26H29BrO3.C5H6BNO2.C3H3BrF2.2CH4/c1-3-32(33,34)31(37)15-14-28-26-12-10-22-17-24(36)11-13-25(22)29(26)27(18-30(28,31)2)21-8-6-20(7-9-21)23-5-4-16-35-19-23;1-3-27(29,30)26(32)13-12-23-21-10-6-17-14-19(31)9-11-20(17)24(21)22(15-25(23,26)2)16-4-7-18(28)8-5-16;1-24-14-19(16-2-4-17(27)5-3-16)23-18(20(24)6-7-22(24)28)8-10-25(29)15-26(11-9-21(23)25)30-12-13-31-26;1-25-15-21(16-2-5-18(27)6-3-16)24-19-10-11-26(29-12-13-30-26)14-17(19)4-7-20(24)22(25)8-9-23(25)28;8-6(9)5-2-1-3-7-4-5;1-2-3(4,5)6;;/h3-9,16-17,19,26-28,37H,1,10-15,18H2,2H3;3-5,7-8,14,21-23,32H,1,6,9-13,15H2,2H3;2-5,18-20,29H,6-15H2,1H3;2-3,5-6,14,20-22H,4,7-13,15H2,1H3;1-4,8-9H;2H,1H2;2*1H4/t26?,27-,28?,30+,31+;21?,22-,23?,25+,26+;18?,19-,20?,24+,25-;20?,21-,22?,25+;;;;/m1111..../s1. The van der Waals surface area contributed by atoms with Crippen molar-refractivity contribution in [3.05, 3.63) is 299 Å². The van der Waals surface area contributed by atoms with Crippen molar-refractivity contribution >= 4 is 99.4 Å². The minimum atomic E-state index is -3.37. The van der Waals surface area contributed by atoms with Crippen LogP contribution in [-0.4, -0.2) is 137 Å². The number of hydrogen-bond acceptors (Lipinski definition) is 15. The summed E-state index contributed by atoms with van der Waals surface area (Å²) in [5, 5.41) is 52.2. The zero-order valence-electron chi connectivity index (χ0n) is 83.0. The average molecular weight is 2270 g/mol. The number of alkyl halides is 7. The molecule has 0 bridgehead atoms. The number of benzene rings is 4. The topological polar surface area (TPSA) is 232 Å². The van der Waals surface area contributed by atoms with E-state index in [-0.39, 0.29) is 91.5 Å². The van der Waals surface area contributed by atoms with Crippen molar-refractivity contribution in [1.29, 1.82) is 0 Å². The molecular formula is C121H139BBr4F6N2O13. The number of fused-ring (bicyclic) bond motifs is 16. The Kier molecular flexibility index (Phi) is 32.2. The molecule has 9 saturated carbocycles. The van der Waals surface area contributed by atoms with Crippen LogP contribution in [0.4, 0.5) is 26.3 Å². The number of ether oxygens (including phenoxy) is 4. The monoisotopic (exact) mass is 2270 g/mol. The third-order valence-corrected chi connectivity index (χ3v) is 40.0. The number of allylic oxidation sites excluding steroid dienone is 13. The summed E-state index contributed by atoms with van der Waals surface area (Å²) in [4.78, 5) is 55.4. The number of ketones is 4. The van der Waals surface area contributed by atoms with Gasteiger partial charge in [-0.1, -0.05) is 205 Å². The number of aromatic nitrogens is 2. The van der Waals surface area contributed by atoms with Gasteiger partial charge in [0.15, 0.2) is 23.1 Å². The van der Waals surface area contributed by atoms with Gasteiger partial charge in [0.25, 0.3) is 11.8 Å². The number of carbonyl (C=O) groups is 4. The molecule has 6 aromatic rings. The first-order valence-electron chi connectivity index (χ1n) is 52.2. The first-order valence-corrected chi connectivity index (χ1v) is 55.3. The lowest BCUT2D eigenvalue weighted by Crippen LogP contribution is -2.59. The molecule has 4 heterocycles. The quantitative estimate of drug-likeness (QED) is 0.0351. The molecule has 147 heavy (non-hydrogen) atoms. The second-order valence-electron chi connectivity index (χ2n) is 45.0. The number of hydrogen-bond donors (Lipinski definition) is 5. The van der Waals surface area contributed by atoms with Gasteiger partial charge in [-0.15, -0.1) is 0 Å². The average Bonchev–Trinajstić information content (AvgIpc) is 1.64. The van der Waals surface area contributed by atoms with Crippen LogP contribution in [0.15, 0.2) is 277 Å². The SMILES string of the molecule is C.C.C=CC(F)(F)Br.C=CC(F)(F)[C@]1(O)CCC2C3CCC4=CC(=O)CCC4=C3[C@@H](c3ccc(-c4cccnc4)cc3)C[C@@]21C.C=CC(F)(F)[C@]1(O)CCC2C3CCC4=CC(=O)CCC4=C3[C@@H](c3ccc(Br)cc3)C[C@@]21C.C[C@]12C[C@H](c3ccc(Br)cc3)C3=C4CCC5(C=C4CCC3C1CCC2=O)OCCO5.C[C@]12C[C@H](c3ccc(Br)cc3)C3=C4CCC5(C[C@]4(O)CCC3C1CCC2=O)OCCO5.OB(O)c1cccnc1. The van der Waals surface area contributed by atoms with Crippen molar-refractivity contribution in [2.45, 2.75) is 297 Å². The Balaban J connectivity index is 0.000000127. The number of pyridine rings is 2. The fourth-order valence-corrected chi connectivity index (χ4v) is 31.8. The second-order valence-corrected chi connectivity index (χ2v) is 48.8. The van der Waals surface area contributed by atoms with E-state index in [1.807, 2.05) is 72.4 Å². The van der Waals surface area contributed by atoms with Crippen LogP contribution in [0.2, 0.25) is 0 Å². The van der Waals surface area contributed by atoms with Gasteiger partial charge in [0.05, 0.1) is 32.0 Å². The molecule has 0 amide bonds. The highest BCUT2D eigenvalue weighted by Crippen LogP contribution is 2.74. The van der Waals surface area contributed by atoms with E-state index in [0.29, 0.717) is 143 Å². The molecular weight excluding hydrogens is 2130 g/mol. The molecule has 2 aromatic heterocycles. The predicted molar refractivity (Wildman–Crippen MR) is 576 cm³/mol. The van der Waals surface area contributed by atoms with E-state index in [1.165, 1.54) is 56.3 Å². The third kappa shape index (κ3) is 20.2. The van der Waals surface area contributed by atoms with Crippen LogP contribution < -0.4 is 5.46 Å². The molecule has 16 aliphatic carbocycles. The maximum atomic E-state index is 15.3. The molecule has 8 unspecified atom stereocenters. The van der Waals surface area contributed by atoms with Crippen LogP contribution in [0.5, 0.6) is 0 Å². The summed E-state index contributed by atoms with van der Waals surface area (Å²) in [6, 6.07) is 41.1. The Morgan fingerprint density at radius 3 is 1.24 bits per heavy atom. The largest absolute Gasteiger partial charge is 0.490 e. The van der Waals surface area contributed by atoms with Gasteiger partial charge in [-0.2, -0.15) is 26.3 Å². The molecule has 5 N–H and O–H groups in total. The highest BCUT2D eigenvalue weighted by Gasteiger charge is 2.73. The maximum Gasteiger partial charge on any atom is 0.490 e. The van der Waals surface area contributed by atoms with Crippen molar-refractivity contribution in [3.63, 3.8) is 0 Å². The fraction of sp³-hybridized carbons (Fsp3) is 0.521. The van der Waals surface area contributed by atoms with Crippen LogP contribution in [0.3, 0.4) is 0 Å². The summed E-state index contributed by atoms with van der Waals surface area (Å²) in [5.74, 6) is -4.02. The molecule has 2 spiro atoms. The molecule has 18 aliphatic rings. The van der Waals surface area contributed by atoms with E-state index in [0.717, 1.165) is 169 Å². The first-order chi connectivity index (χ1) is 69.0. The van der Waals surface area contributed by atoms with Gasteiger partial charge < -0.3 is 44.3 Å². The van der Waals surface area contributed by atoms with Gasteiger partial charge in [0.2, 0.25) is 0 Å². The van der Waals surface area contributed by atoms with E-state index in [2.05, 4.69) is 182 Å². The fourth-order valence-electron chi connectivity index (χ4n) is 31.1. The van der Waals surface area contributed by atoms with E-state index < -0.39 is 63.0 Å². The van der Waals surface area contributed by atoms with Crippen molar-refractivity contribution in [2.24, 2.45) is 69.0 Å². The second kappa shape index (κ2) is 42.7. The van der Waals surface area contributed by atoms with Crippen LogP contribution in [0, 0.1) is 69.0 Å². The van der Waals surface area contributed by atoms with E-state index in [9.17, 15) is 43.3 Å². The van der Waals surface area contributed by atoms with Crippen LogP contribution in [-0.2, 0) is 38.1 Å². The molecule has 4 aromatic carbocycles. The number of halogens is 10. The van der Waals surface area contributed by atoms with Gasteiger partial charge in [-0.3, -0.25) is 29.1 Å². The normalized spacial score (nSPS) is 33.7. The molecule has 24 rings (SSSR count). The highest BCUT2D eigenvalue weighted by atomic mass is 79.9. The number of Topliss-reactive ketones (excluding diaryl/α,β-unsaturated/α-hetero) is 2. The van der Waals surface area contributed by atoms with Gasteiger partial charge in [-0.25, -0.2) is 0 Å². The van der Waals surface area contributed by atoms with Crippen molar-refractivity contribution in [1.82, 2.24) is 9.97 Å². The van der Waals surface area contributed by atoms with Crippen molar-refractivity contribution in [3.8, 4) is 11.1 Å². The Labute approximate surface area is 895 Å². The summed E-state index contributed by atoms with van der Waals surface area (Å²) >= 11 is 12.7. The number of carbonyl (C=O) groups excluding carboxylic acids is 4. The summed E-state index contributed by atoms with van der Waals surface area (Å²) in [6.45, 7) is 20.5. The van der Waals surface area contributed by atoms with Crippen LogP contribution >= 0.6 is 63.7 Å². The van der Waals surface area contributed by atoms with E-state index in [1.54, 1.807) is 35.7 Å². The Morgan fingerprint density at radius 1 is 0.422 bits per heavy atom. The van der Waals surface area contributed by atoms with Crippen molar-refractivity contribution in [2.75, 3.05) is 26.4 Å². The van der Waals surface area contributed by atoms with Crippen LogP contribution in [0.25, 0.3) is 11.1 Å². The smallest absolute Gasteiger partial charge is 0.423 e. The molecule has 2 saturated heterocycles. The van der Waals surface area contributed by atoms with Gasteiger partial charge in [-0.05, 0) is 362 Å². The number of nitrogens with zero attached hydrogens (tertiary/aromatic N) is 2. The molecule has 784 valence electrons. The zero-order valence-corrected chi connectivity index (χ0v) is 89.3. The minimum absolute atomic E-state index is 0. The molecule has 2 aliphatic heterocycles. The van der Waals surface area contributed by atoms with E-state index in [4.69, 9.17) is 29.0 Å². The highest BCUT2D eigenvalue weighted by molar-refractivity contribution is 9.11. The van der Waals surface area contributed by atoms with Gasteiger partial charge >= 0.3 is 12.0 Å². The lowest BCUT2D eigenvalue weighted by Gasteiger charge is -2.55. The summed E-state index contributed by atoms with van der Waals surface area (Å²) in [5.41, 5.74) is 14.7. The van der Waals surface area contributed by atoms with E-state index >= 15 is 17.6 Å². The lowest BCUT2D eigenvalue weighted by molar-refractivity contribution is -0.213. The molecule has 15 nitrogen and oxygen atoms in total. The van der Waals surface area contributed by atoms with Crippen molar-refractivity contribution < 1.29 is 89.8 Å². The maximum absolute atomic E-state index is 15.3. The van der Waals surface area contributed by atoms with Gasteiger partial charge in [0, 0.05) is 134 Å². The molecule has 19 atom stereocenters. The molecule has 11 fully saturated rings. The minimum Gasteiger partial charge on any atom is -0.423 e. The first kappa shape index (κ1) is 111.